The van der Waals surface area contributed by atoms with Gasteiger partial charge in [-0.25, -0.2) is 14.2 Å². The van der Waals surface area contributed by atoms with Gasteiger partial charge < -0.3 is 20.3 Å². The van der Waals surface area contributed by atoms with E-state index in [1.54, 1.807) is 0 Å². The SMILES string of the molecule is N#C/C(C(=O)OCc1ccc(F)cc1)=C1/Nc2ccccc2N=C1N1CCNCC1. The second-order valence-electron chi connectivity index (χ2n) is 6.88. The van der Waals surface area contributed by atoms with Crippen LogP contribution in [0.5, 0.6) is 0 Å². The third-order valence-electron chi connectivity index (χ3n) is 4.88. The molecule has 0 atom stereocenters. The minimum atomic E-state index is -0.758. The second-order valence-corrected chi connectivity index (χ2v) is 6.88. The standard InChI is InChI=1S/C22H20FN5O2/c23-16-7-5-15(6-8-16)14-30-22(29)17(13-24)20-21(28-11-9-25-10-12-28)27-19-4-2-1-3-18(19)26-20/h1-8,25-26H,9-12,14H2/b20-17-. The average Bonchev–Trinajstić information content (AvgIpc) is 2.79. The summed E-state index contributed by atoms with van der Waals surface area (Å²) in [4.78, 5) is 19.5. The molecule has 0 unspecified atom stereocenters. The molecule has 0 aromatic heterocycles. The van der Waals surface area contributed by atoms with Crippen LogP contribution in [0.1, 0.15) is 5.56 Å². The quantitative estimate of drug-likeness (QED) is 0.464. The van der Waals surface area contributed by atoms with E-state index in [1.807, 2.05) is 35.2 Å². The number of rotatable bonds is 3. The van der Waals surface area contributed by atoms with Crippen LogP contribution in [-0.4, -0.2) is 42.9 Å². The summed E-state index contributed by atoms with van der Waals surface area (Å²) < 4.78 is 18.4. The maximum absolute atomic E-state index is 13.1. The number of esters is 1. The van der Waals surface area contributed by atoms with Crippen molar-refractivity contribution >= 4 is 23.2 Å². The summed E-state index contributed by atoms with van der Waals surface area (Å²) in [5.74, 6) is -0.580. The van der Waals surface area contributed by atoms with Crippen molar-refractivity contribution in [1.82, 2.24) is 10.2 Å². The van der Waals surface area contributed by atoms with Crippen molar-refractivity contribution in [2.75, 3.05) is 31.5 Å². The third-order valence-corrected chi connectivity index (χ3v) is 4.88. The molecule has 7 nitrogen and oxygen atoms in total. The number of carbonyl (C=O) groups is 1. The summed E-state index contributed by atoms with van der Waals surface area (Å²) in [5, 5.41) is 16.2. The lowest BCUT2D eigenvalue weighted by Crippen LogP contribution is -2.48. The van der Waals surface area contributed by atoms with Gasteiger partial charge in [-0.05, 0) is 29.8 Å². The topological polar surface area (TPSA) is 89.8 Å². The summed E-state index contributed by atoms with van der Waals surface area (Å²) in [5.41, 5.74) is 2.27. The van der Waals surface area contributed by atoms with Crippen molar-refractivity contribution in [2.24, 2.45) is 4.99 Å². The third kappa shape index (κ3) is 4.16. The molecule has 1 saturated heterocycles. The number of hydrogen-bond donors (Lipinski definition) is 2. The van der Waals surface area contributed by atoms with Crippen LogP contribution in [-0.2, 0) is 16.1 Å². The van der Waals surface area contributed by atoms with Gasteiger partial charge in [0, 0.05) is 26.2 Å². The molecule has 8 heteroatoms. The monoisotopic (exact) mass is 405 g/mol. The number of nitrogens with one attached hydrogen (secondary N) is 2. The van der Waals surface area contributed by atoms with Crippen molar-refractivity contribution < 1.29 is 13.9 Å². The number of halogens is 1. The highest BCUT2D eigenvalue weighted by atomic mass is 19.1. The minimum Gasteiger partial charge on any atom is -0.457 e. The van der Waals surface area contributed by atoms with Gasteiger partial charge in [-0.3, -0.25) is 0 Å². The fourth-order valence-electron chi connectivity index (χ4n) is 3.32. The predicted molar refractivity (Wildman–Crippen MR) is 110 cm³/mol. The maximum Gasteiger partial charge on any atom is 0.351 e. The normalized spacial score (nSPS) is 17.2. The van der Waals surface area contributed by atoms with E-state index in [9.17, 15) is 14.4 Å². The number of ether oxygens (including phenoxy) is 1. The first kappa shape index (κ1) is 19.6. The van der Waals surface area contributed by atoms with Crippen LogP contribution in [0.25, 0.3) is 0 Å². The highest BCUT2D eigenvalue weighted by Gasteiger charge is 2.29. The van der Waals surface area contributed by atoms with Crippen molar-refractivity contribution in [1.29, 1.82) is 5.26 Å². The molecular formula is C22H20FN5O2. The van der Waals surface area contributed by atoms with Crippen LogP contribution in [0.3, 0.4) is 0 Å². The van der Waals surface area contributed by atoms with E-state index in [-0.39, 0.29) is 18.0 Å². The summed E-state index contributed by atoms with van der Waals surface area (Å²) in [6, 6.07) is 15.1. The maximum atomic E-state index is 13.1. The highest BCUT2D eigenvalue weighted by molar-refractivity contribution is 6.12. The molecule has 1 fully saturated rings. The zero-order chi connectivity index (χ0) is 20.9. The Morgan fingerprint density at radius 3 is 2.63 bits per heavy atom. The van der Waals surface area contributed by atoms with Crippen molar-refractivity contribution in [3.05, 3.63) is 71.2 Å². The first-order valence-corrected chi connectivity index (χ1v) is 9.62. The van der Waals surface area contributed by atoms with Crippen LogP contribution in [0.15, 0.2) is 64.8 Å². The summed E-state index contributed by atoms with van der Waals surface area (Å²) in [6.45, 7) is 2.91. The number of nitriles is 1. The van der Waals surface area contributed by atoms with E-state index in [2.05, 4.69) is 10.6 Å². The Kier molecular flexibility index (Phi) is 5.72. The lowest BCUT2D eigenvalue weighted by atomic mass is 10.1. The van der Waals surface area contributed by atoms with Crippen molar-refractivity contribution in [2.45, 2.75) is 6.61 Å². The van der Waals surface area contributed by atoms with Gasteiger partial charge in [0.25, 0.3) is 0 Å². The molecule has 0 spiro atoms. The molecule has 4 rings (SSSR count). The zero-order valence-electron chi connectivity index (χ0n) is 16.2. The second kappa shape index (κ2) is 8.76. The molecule has 2 heterocycles. The van der Waals surface area contributed by atoms with Gasteiger partial charge in [0.2, 0.25) is 0 Å². The van der Waals surface area contributed by atoms with Crippen LogP contribution in [0.4, 0.5) is 15.8 Å². The Hall–Kier alpha value is -3.70. The molecule has 0 amide bonds. The van der Waals surface area contributed by atoms with E-state index in [0.29, 0.717) is 35.9 Å². The molecule has 2 aromatic carbocycles. The van der Waals surface area contributed by atoms with Gasteiger partial charge in [-0.2, -0.15) is 5.26 Å². The minimum absolute atomic E-state index is 0.0612. The number of aliphatic imine (C=N–C) groups is 1. The predicted octanol–water partition coefficient (Wildman–Crippen LogP) is 2.71. The average molecular weight is 405 g/mol. The molecule has 2 N–H and O–H groups in total. The molecule has 2 aliphatic heterocycles. The van der Waals surface area contributed by atoms with Gasteiger partial charge in [0.1, 0.15) is 24.2 Å². The Labute approximate surface area is 173 Å². The summed E-state index contributed by atoms with van der Waals surface area (Å²) >= 11 is 0. The number of benzene rings is 2. The Morgan fingerprint density at radius 1 is 1.17 bits per heavy atom. The molecule has 152 valence electrons. The number of anilines is 1. The molecule has 0 bridgehead atoms. The van der Waals surface area contributed by atoms with Gasteiger partial charge in [0.05, 0.1) is 11.4 Å². The van der Waals surface area contributed by atoms with Crippen LogP contribution in [0, 0.1) is 17.1 Å². The van der Waals surface area contributed by atoms with Gasteiger partial charge in [-0.15, -0.1) is 0 Å². The van der Waals surface area contributed by atoms with E-state index in [0.717, 1.165) is 18.8 Å². The number of fused-ring (bicyclic) bond motifs is 1. The number of nitrogens with zero attached hydrogens (tertiary/aromatic N) is 3. The van der Waals surface area contributed by atoms with E-state index < -0.39 is 5.97 Å². The number of para-hydroxylation sites is 2. The summed E-state index contributed by atoms with van der Waals surface area (Å²) in [7, 11) is 0. The summed E-state index contributed by atoms with van der Waals surface area (Å²) in [6.07, 6.45) is 0. The molecule has 0 radical (unpaired) electrons. The first-order valence-electron chi connectivity index (χ1n) is 9.62. The lowest BCUT2D eigenvalue weighted by molar-refractivity contribution is -0.139. The highest BCUT2D eigenvalue weighted by Crippen LogP contribution is 2.32. The fourth-order valence-corrected chi connectivity index (χ4v) is 3.32. The Morgan fingerprint density at radius 2 is 1.90 bits per heavy atom. The van der Waals surface area contributed by atoms with Gasteiger partial charge in [0.15, 0.2) is 11.4 Å². The van der Waals surface area contributed by atoms with Crippen LogP contribution < -0.4 is 10.6 Å². The number of hydrogen-bond acceptors (Lipinski definition) is 7. The van der Waals surface area contributed by atoms with E-state index >= 15 is 0 Å². The number of carbonyl (C=O) groups excluding carboxylic acids is 1. The first-order chi connectivity index (χ1) is 14.7. The molecule has 30 heavy (non-hydrogen) atoms. The molecule has 2 aliphatic rings. The lowest BCUT2D eigenvalue weighted by Gasteiger charge is -2.34. The zero-order valence-corrected chi connectivity index (χ0v) is 16.2. The van der Waals surface area contributed by atoms with E-state index in [1.165, 1.54) is 24.3 Å². The van der Waals surface area contributed by atoms with Gasteiger partial charge in [-0.1, -0.05) is 24.3 Å². The molecule has 0 aliphatic carbocycles. The molecule has 0 saturated carbocycles. The fraction of sp³-hybridized carbons (Fsp3) is 0.227. The molecule has 2 aromatic rings. The Bertz CT molecular complexity index is 1050. The molecular weight excluding hydrogens is 385 g/mol. The number of amidine groups is 1. The largest absolute Gasteiger partial charge is 0.457 e. The van der Waals surface area contributed by atoms with Crippen molar-refractivity contribution in [3.8, 4) is 6.07 Å². The number of piperazine rings is 1. The van der Waals surface area contributed by atoms with Crippen LogP contribution in [0.2, 0.25) is 0 Å². The smallest absolute Gasteiger partial charge is 0.351 e. The van der Waals surface area contributed by atoms with E-state index in [4.69, 9.17) is 9.73 Å². The van der Waals surface area contributed by atoms with Crippen LogP contribution >= 0.6 is 0 Å². The van der Waals surface area contributed by atoms with Crippen molar-refractivity contribution in [3.63, 3.8) is 0 Å². The van der Waals surface area contributed by atoms with Gasteiger partial charge >= 0.3 is 5.97 Å². The Balaban J connectivity index is 1.65.